The zero-order chi connectivity index (χ0) is 21.7. The molecule has 9 atom stereocenters. The van der Waals surface area contributed by atoms with Crippen LogP contribution in [0.15, 0.2) is 12.2 Å². The third-order valence-corrected chi connectivity index (χ3v) is 12.7. The van der Waals surface area contributed by atoms with Crippen LogP contribution in [0.3, 0.4) is 0 Å². The molecule has 0 aromatic carbocycles. The number of rotatable bonds is 1. The molecule has 0 amide bonds. The van der Waals surface area contributed by atoms with Crippen molar-refractivity contribution in [1.82, 2.24) is 0 Å². The monoisotopic (exact) mass is 410 g/mol. The zero-order valence-electron chi connectivity index (χ0n) is 20.7. The Labute approximate surface area is 185 Å². The Balaban J connectivity index is 1.53. The Hall–Kier alpha value is -0.590. The number of Topliss-reactive ketones (excluding diaryl/α,β-unsaturated/α-hetero) is 1. The van der Waals surface area contributed by atoms with E-state index in [1.165, 1.54) is 56.9 Å². The highest BCUT2D eigenvalue weighted by molar-refractivity contribution is 5.85. The quantitative estimate of drug-likeness (QED) is 0.402. The Bertz CT molecular complexity index is 762. The van der Waals surface area contributed by atoms with Gasteiger partial charge in [0, 0.05) is 11.8 Å². The standard InChI is InChI=1S/C29H46O/c1-18(2)20-9-8-19-12-16-28(6)21(25(19)20)10-11-23-27(5)15-14-24(30)26(3,4)22(27)13-17-29(23,28)7/h19-23,25H,1,8-17H2,2-7H3/t19-,20+,21?,22?,23?,25?,27+,28-,29-/m1/s1. The van der Waals surface area contributed by atoms with E-state index in [1.54, 1.807) is 0 Å². The first-order chi connectivity index (χ1) is 14.0. The van der Waals surface area contributed by atoms with E-state index in [0.29, 0.717) is 27.9 Å². The van der Waals surface area contributed by atoms with Crippen LogP contribution >= 0.6 is 0 Å². The Morgan fingerprint density at radius 1 is 0.833 bits per heavy atom. The molecule has 0 bridgehead atoms. The Morgan fingerprint density at radius 2 is 1.53 bits per heavy atom. The maximum atomic E-state index is 12.9. The van der Waals surface area contributed by atoms with Crippen LogP contribution in [0.1, 0.15) is 106 Å². The number of hydrogen-bond acceptors (Lipinski definition) is 1. The van der Waals surface area contributed by atoms with E-state index in [9.17, 15) is 4.79 Å². The molecule has 1 heteroatoms. The molecule has 5 rings (SSSR count). The van der Waals surface area contributed by atoms with Gasteiger partial charge in [0.15, 0.2) is 0 Å². The van der Waals surface area contributed by atoms with Gasteiger partial charge in [-0.2, -0.15) is 0 Å². The maximum Gasteiger partial charge on any atom is 0.138 e. The molecule has 0 spiro atoms. The summed E-state index contributed by atoms with van der Waals surface area (Å²) in [6, 6.07) is 0. The highest BCUT2D eigenvalue weighted by Crippen LogP contribution is 2.75. The lowest BCUT2D eigenvalue weighted by atomic mass is 9.33. The molecule has 0 heterocycles. The number of carbonyl (C=O) groups is 1. The molecule has 30 heavy (non-hydrogen) atoms. The van der Waals surface area contributed by atoms with Gasteiger partial charge in [-0.15, -0.1) is 0 Å². The van der Waals surface area contributed by atoms with Crippen LogP contribution in [0.25, 0.3) is 0 Å². The molecule has 1 nitrogen and oxygen atoms in total. The fourth-order valence-electron chi connectivity index (χ4n) is 11.0. The first-order valence-corrected chi connectivity index (χ1v) is 13.2. The van der Waals surface area contributed by atoms with Crippen molar-refractivity contribution in [3.8, 4) is 0 Å². The van der Waals surface area contributed by atoms with Crippen LogP contribution in [0.5, 0.6) is 0 Å². The van der Waals surface area contributed by atoms with E-state index in [1.807, 2.05) is 0 Å². The van der Waals surface area contributed by atoms with Gasteiger partial charge in [0.05, 0.1) is 0 Å². The average Bonchev–Trinajstić information content (AvgIpc) is 3.10. The van der Waals surface area contributed by atoms with Crippen molar-refractivity contribution < 1.29 is 4.79 Å². The van der Waals surface area contributed by atoms with E-state index >= 15 is 0 Å². The zero-order valence-corrected chi connectivity index (χ0v) is 20.7. The van der Waals surface area contributed by atoms with Gasteiger partial charge in [0.2, 0.25) is 0 Å². The van der Waals surface area contributed by atoms with Crippen LogP contribution in [0.2, 0.25) is 0 Å². The Morgan fingerprint density at radius 3 is 2.23 bits per heavy atom. The van der Waals surface area contributed by atoms with Crippen LogP contribution in [0, 0.1) is 57.2 Å². The number of allylic oxidation sites excluding steroid dienone is 1. The summed E-state index contributed by atoms with van der Waals surface area (Å²) in [5.41, 5.74) is 2.58. The largest absolute Gasteiger partial charge is 0.299 e. The van der Waals surface area contributed by atoms with Gasteiger partial charge in [-0.25, -0.2) is 0 Å². The fraction of sp³-hybridized carbons (Fsp3) is 0.897. The van der Waals surface area contributed by atoms with Gasteiger partial charge >= 0.3 is 0 Å². The van der Waals surface area contributed by atoms with Gasteiger partial charge in [0.25, 0.3) is 0 Å². The minimum atomic E-state index is -0.125. The third kappa shape index (κ3) is 2.45. The first-order valence-electron chi connectivity index (χ1n) is 13.2. The molecule has 4 unspecified atom stereocenters. The maximum absolute atomic E-state index is 12.9. The number of ketones is 1. The molecule has 5 saturated carbocycles. The minimum absolute atomic E-state index is 0.125. The van der Waals surface area contributed by atoms with Crippen molar-refractivity contribution in [2.45, 2.75) is 106 Å². The number of hydrogen-bond donors (Lipinski definition) is 0. The topological polar surface area (TPSA) is 17.1 Å². The smallest absolute Gasteiger partial charge is 0.138 e. The van der Waals surface area contributed by atoms with E-state index in [2.05, 4.69) is 48.1 Å². The summed E-state index contributed by atoms with van der Waals surface area (Å²) >= 11 is 0. The first kappa shape index (κ1) is 21.3. The SMILES string of the molecule is C=C(C)[C@@H]1CC[C@@H]2CC[C@]3(C)C(CCC4[C@@]5(C)CCC(=O)C(C)(C)C5CC[C@]43C)C21. The van der Waals surface area contributed by atoms with Gasteiger partial charge < -0.3 is 0 Å². The molecule has 5 aliphatic carbocycles. The molecule has 0 aromatic heterocycles. The van der Waals surface area contributed by atoms with Gasteiger partial charge in [0.1, 0.15) is 5.78 Å². The third-order valence-electron chi connectivity index (χ3n) is 12.7. The van der Waals surface area contributed by atoms with Crippen LogP contribution in [-0.2, 0) is 4.79 Å². The highest BCUT2D eigenvalue weighted by atomic mass is 16.1. The second-order valence-corrected chi connectivity index (χ2v) is 13.7. The van der Waals surface area contributed by atoms with Crippen molar-refractivity contribution in [2.24, 2.45) is 57.2 Å². The van der Waals surface area contributed by atoms with E-state index in [4.69, 9.17) is 0 Å². The lowest BCUT2D eigenvalue weighted by Crippen LogP contribution is -2.65. The van der Waals surface area contributed by atoms with Gasteiger partial charge in [-0.1, -0.05) is 46.8 Å². The lowest BCUT2D eigenvalue weighted by Gasteiger charge is -2.71. The normalized spacial score (nSPS) is 54.5. The summed E-state index contributed by atoms with van der Waals surface area (Å²) in [7, 11) is 0. The Kier molecular flexibility index (Phi) is 4.59. The minimum Gasteiger partial charge on any atom is -0.299 e. The summed E-state index contributed by atoms with van der Waals surface area (Å²) in [6.07, 6.45) is 13.1. The van der Waals surface area contributed by atoms with Gasteiger partial charge in [-0.05, 0) is 116 Å². The summed E-state index contributed by atoms with van der Waals surface area (Å²) in [5.74, 6) is 5.42. The molecule has 0 saturated heterocycles. The molecule has 0 radical (unpaired) electrons. The highest BCUT2D eigenvalue weighted by Gasteiger charge is 2.69. The summed E-state index contributed by atoms with van der Waals surface area (Å²) in [4.78, 5) is 12.9. The van der Waals surface area contributed by atoms with E-state index in [0.717, 1.165) is 42.4 Å². The average molecular weight is 411 g/mol. The van der Waals surface area contributed by atoms with Crippen molar-refractivity contribution in [1.29, 1.82) is 0 Å². The molecule has 0 N–H and O–H groups in total. The molecule has 5 fully saturated rings. The second-order valence-electron chi connectivity index (χ2n) is 13.7. The predicted molar refractivity (Wildman–Crippen MR) is 125 cm³/mol. The molecule has 0 aromatic rings. The molecular weight excluding hydrogens is 364 g/mol. The summed E-state index contributed by atoms with van der Waals surface area (Å²) < 4.78 is 0. The fourth-order valence-corrected chi connectivity index (χ4v) is 11.0. The lowest BCUT2D eigenvalue weighted by molar-refractivity contribution is -0.225. The van der Waals surface area contributed by atoms with Crippen LogP contribution in [0.4, 0.5) is 0 Å². The summed E-state index contributed by atoms with van der Waals surface area (Å²) in [6.45, 7) is 19.3. The van der Waals surface area contributed by atoms with Crippen molar-refractivity contribution >= 4 is 5.78 Å². The van der Waals surface area contributed by atoms with E-state index in [-0.39, 0.29) is 5.41 Å². The number of carbonyl (C=O) groups excluding carboxylic acids is 1. The summed E-state index contributed by atoms with van der Waals surface area (Å²) in [5, 5.41) is 0. The second kappa shape index (κ2) is 6.48. The van der Waals surface area contributed by atoms with Crippen molar-refractivity contribution in [3.05, 3.63) is 12.2 Å². The van der Waals surface area contributed by atoms with Gasteiger partial charge in [-0.3, -0.25) is 4.79 Å². The van der Waals surface area contributed by atoms with Crippen LogP contribution < -0.4 is 0 Å². The van der Waals surface area contributed by atoms with Crippen molar-refractivity contribution in [3.63, 3.8) is 0 Å². The van der Waals surface area contributed by atoms with Crippen LogP contribution in [-0.4, -0.2) is 5.78 Å². The number of fused-ring (bicyclic) bond motifs is 7. The molecule has 168 valence electrons. The molecular formula is C29H46O. The molecule has 0 aliphatic heterocycles. The molecule has 5 aliphatic rings. The van der Waals surface area contributed by atoms with Crippen molar-refractivity contribution in [2.75, 3.05) is 0 Å². The predicted octanol–water partition coefficient (Wildman–Crippen LogP) is 7.84. The van der Waals surface area contributed by atoms with E-state index < -0.39 is 0 Å².